The fourth-order valence-electron chi connectivity index (χ4n) is 3.75. The highest BCUT2D eigenvalue weighted by molar-refractivity contribution is 5.82. The molecule has 0 amide bonds. The number of carbonyl (C=O) groups is 1. The molecule has 1 aromatic heterocycles. The number of hydrogen-bond acceptors (Lipinski definition) is 2. The molecule has 0 bridgehead atoms. The van der Waals surface area contributed by atoms with Gasteiger partial charge < -0.3 is 14.4 Å². The van der Waals surface area contributed by atoms with Crippen LogP contribution in [0, 0.1) is 11.8 Å². The van der Waals surface area contributed by atoms with Crippen LogP contribution in [0.1, 0.15) is 36.0 Å². The highest BCUT2D eigenvalue weighted by Gasteiger charge is 2.13. The summed E-state index contributed by atoms with van der Waals surface area (Å²) in [4.78, 5) is 11.1. The zero-order valence-corrected chi connectivity index (χ0v) is 18.0. The van der Waals surface area contributed by atoms with E-state index < -0.39 is 5.97 Å². The topological polar surface area (TPSA) is 51.5 Å². The molecule has 0 unspecified atom stereocenters. The largest absolute Gasteiger partial charge is 0.489 e. The van der Waals surface area contributed by atoms with Gasteiger partial charge in [-0.15, -0.1) is 5.92 Å². The van der Waals surface area contributed by atoms with Crippen molar-refractivity contribution >= 4 is 16.7 Å². The third-order valence-electron chi connectivity index (χ3n) is 5.38. The second kappa shape index (κ2) is 9.89. The van der Waals surface area contributed by atoms with Gasteiger partial charge in [-0.05, 0) is 46.5 Å². The van der Waals surface area contributed by atoms with E-state index in [0.29, 0.717) is 6.61 Å². The predicted molar refractivity (Wildman–Crippen MR) is 127 cm³/mol. The SMILES string of the molecule is CC#C[C@@H](CC(=O)O)c1ccc(OCc2ccc(Cn3cc4ccccc4c3)cc2)cc1. The average Bonchev–Trinajstić information content (AvgIpc) is 3.21. The number of aliphatic carboxylic acids is 1. The fraction of sp³-hybridized carbons (Fsp3) is 0.179. The number of hydrogen-bond donors (Lipinski definition) is 1. The summed E-state index contributed by atoms with van der Waals surface area (Å²) in [5, 5.41) is 11.6. The van der Waals surface area contributed by atoms with Crippen molar-refractivity contribution in [3.8, 4) is 17.6 Å². The summed E-state index contributed by atoms with van der Waals surface area (Å²) in [5.74, 6) is 5.36. The molecule has 32 heavy (non-hydrogen) atoms. The molecule has 0 aliphatic carbocycles. The Morgan fingerprint density at radius 2 is 1.56 bits per heavy atom. The smallest absolute Gasteiger partial charge is 0.304 e. The summed E-state index contributed by atoms with van der Waals surface area (Å²) in [6.45, 7) is 3.02. The first-order valence-electron chi connectivity index (χ1n) is 10.6. The quantitative estimate of drug-likeness (QED) is 0.362. The third-order valence-corrected chi connectivity index (χ3v) is 5.38. The molecule has 1 N–H and O–H groups in total. The molecule has 0 aliphatic heterocycles. The lowest BCUT2D eigenvalue weighted by molar-refractivity contribution is -0.137. The highest BCUT2D eigenvalue weighted by atomic mass is 16.5. The molecule has 4 heteroatoms. The average molecular weight is 424 g/mol. The lowest BCUT2D eigenvalue weighted by Crippen LogP contribution is -2.04. The summed E-state index contributed by atoms with van der Waals surface area (Å²) in [6.07, 6.45) is 4.33. The van der Waals surface area contributed by atoms with Gasteiger partial charge in [-0.25, -0.2) is 0 Å². The monoisotopic (exact) mass is 423 g/mol. The van der Waals surface area contributed by atoms with E-state index in [2.05, 4.69) is 77.3 Å². The van der Waals surface area contributed by atoms with Crippen LogP contribution in [0.5, 0.6) is 5.75 Å². The summed E-state index contributed by atoms with van der Waals surface area (Å²) in [5.41, 5.74) is 3.21. The lowest BCUT2D eigenvalue weighted by atomic mass is 9.96. The maximum atomic E-state index is 11.1. The van der Waals surface area contributed by atoms with Crippen molar-refractivity contribution < 1.29 is 14.6 Å². The van der Waals surface area contributed by atoms with Gasteiger partial charge in [0, 0.05) is 18.9 Å². The van der Waals surface area contributed by atoms with E-state index in [1.165, 1.54) is 16.3 Å². The molecule has 4 rings (SSSR count). The standard InChI is InChI=1S/C28H25NO3/c1-2-5-24(16-28(30)31)23-12-14-27(15-13-23)32-20-22-10-8-21(9-11-22)17-29-18-25-6-3-4-7-26(25)19-29/h3-4,6-15,18-19,24H,16-17,20H2,1H3,(H,30,31)/t24-/m0/s1. The number of nitrogens with zero attached hydrogens (tertiary/aromatic N) is 1. The summed E-state index contributed by atoms with van der Waals surface area (Å²) in [7, 11) is 0. The van der Waals surface area contributed by atoms with E-state index in [-0.39, 0.29) is 12.3 Å². The second-order valence-electron chi connectivity index (χ2n) is 7.78. The molecule has 1 atom stereocenters. The summed E-state index contributed by atoms with van der Waals surface area (Å²) < 4.78 is 8.11. The highest BCUT2D eigenvalue weighted by Crippen LogP contribution is 2.23. The molecular weight excluding hydrogens is 398 g/mol. The minimum atomic E-state index is -0.855. The van der Waals surface area contributed by atoms with Crippen molar-refractivity contribution in [2.45, 2.75) is 32.4 Å². The van der Waals surface area contributed by atoms with Gasteiger partial charge in [0.2, 0.25) is 0 Å². The molecule has 0 radical (unpaired) electrons. The van der Waals surface area contributed by atoms with Crippen LogP contribution in [0.15, 0.2) is 85.2 Å². The van der Waals surface area contributed by atoms with Gasteiger partial charge >= 0.3 is 5.97 Å². The van der Waals surface area contributed by atoms with E-state index >= 15 is 0 Å². The van der Waals surface area contributed by atoms with Gasteiger partial charge in [0.15, 0.2) is 0 Å². The van der Waals surface area contributed by atoms with Crippen LogP contribution in [0.4, 0.5) is 0 Å². The van der Waals surface area contributed by atoms with Gasteiger partial charge in [-0.2, -0.15) is 0 Å². The zero-order chi connectivity index (χ0) is 22.3. The number of fused-ring (bicyclic) bond motifs is 1. The van der Waals surface area contributed by atoms with Crippen molar-refractivity contribution in [2.75, 3.05) is 0 Å². The molecule has 3 aromatic carbocycles. The van der Waals surface area contributed by atoms with Crippen LogP contribution < -0.4 is 4.74 Å². The molecule has 4 nitrogen and oxygen atoms in total. The minimum Gasteiger partial charge on any atom is -0.489 e. The third kappa shape index (κ3) is 5.39. The van der Waals surface area contributed by atoms with Gasteiger partial charge in [-0.3, -0.25) is 4.79 Å². The number of aromatic nitrogens is 1. The van der Waals surface area contributed by atoms with E-state index in [0.717, 1.165) is 23.4 Å². The first-order valence-corrected chi connectivity index (χ1v) is 10.6. The number of carboxylic acid groups (broad SMARTS) is 1. The van der Waals surface area contributed by atoms with Crippen LogP contribution in [0.25, 0.3) is 10.8 Å². The molecule has 0 spiro atoms. The van der Waals surface area contributed by atoms with E-state index in [1.807, 2.05) is 24.3 Å². The number of benzene rings is 3. The summed E-state index contributed by atoms with van der Waals surface area (Å²) in [6, 6.07) is 24.3. The maximum absolute atomic E-state index is 11.1. The van der Waals surface area contributed by atoms with E-state index in [1.54, 1.807) is 6.92 Å². The minimum absolute atomic E-state index is 0.00751. The maximum Gasteiger partial charge on any atom is 0.304 e. The van der Waals surface area contributed by atoms with Crippen LogP contribution in [0.3, 0.4) is 0 Å². The fourth-order valence-corrected chi connectivity index (χ4v) is 3.75. The molecule has 0 saturated heterocycles. The van der Waals surface area contributed by atoms with Gasteiger partial charge in [0.25, 0.3) is 0 Å². The summed E-state index contributed by atoms with van der Waals surface area (Å²) >= 11 is 0. The van der Waals surface area contributed by atoms with Gasteiger partial charge in [0.1, 0.15) is 12.4 Å². The lowest BCUT2D eigenvalue weighted by Gasteiger charge is -2.11. The normalized spacial score (nSPS) is 11.5. The predicted octanol–water partition coefficient (Wildman–Crippen LogP) is 5.85. The van der Waals surface area contributed by atoms with Crippen molar-refractivity contribution in [1.29, 1.82) is 0 Å². The molecule has 1 heterocycles. The van der Waals surface area contributed by atoms with E-state index in [9.17, 15) is 4.79 Å². The van der Waals surface area contributed by atoms with Crippen molar-refractivity contribution in [3.05, 3.63) is 102 Å². The second-order valence-corrected chi connectivity index (χ2v) is 7.78. The molecule has 0 fully saturated rings. The van der Waals surface area contributed by atoms with Gasteiger partial charge in [-0.1, -0.05) is 66.6 Å². The molecule has 0 saturated carbocycles. The first-order chi connectivity index (χ1) is 15.6. The Kier molecular flexibility index (Phi) is 6.57. The number of rotatable bonds is 8. The number of ether oxygens (including phenoxy) is 1. The van der Waals surface area contributed by atoms with Gasteiger partial charge in [0.05, 0.1) is 12.3 Å². The molecular formula is C28H25NO3. The Morgan fingerprint density at radius 1 is 0.938 bits per heavy atom. The van der Waals surface area contributed by atoms with Crippen LogP contribution in [0.2, 0.25) is 0 Å². The van der Waals surface area contributed by atoms with Crippen molar-refractivity contribution in [3.63, 3.8) is 0 Å². The Hall–Kier alpha value is -3.97. The Balaban J connectivity index is 1.34. The molecule has 4 aromatic rings. The Morgan fingerprint density at radius 3 is 2.16 bits per heavy atom. The van der Waals surface area contributed by atoms with Crippen LogP contribution in [-0.2, 0) is 17.9 Å². The van der Waals surface area contributed by atoms with Crippen LogP contribution >= 0.6 is 0 Å². The molecule has 160 valence electrons. The number of carboxylic acids is 1. The Bertz CT molecular complexity index is 1230. The first kappa shape index (κ1) is 21.3. The molecule has 0 aliphatic rings. The zero-order valence-electron chi connectivity index (χ0n) is 18.0. The van der Waals surface area contributed by atoms with Crippen molar-refractivity contribution in [1.82, 2.24) is 4.57 Å². The van der Waals surface area contributed by atoms with Crippen molar-refractivity contribution in [2.24, 2.45) is 0 Å². The van der Waals surface area contributed by atoms with Crippen LogP contribution in [-0.4, -0.2) is 15.6 Å². The van der Waals surface area contributed by atoms with E-state index in [4.69, 9.17) is 9.84 Å². The Labute approximate surface area is 188 Å².